The van der Waals surface area contributed by atoms with E-state index in [1.54, 1.807) is 0 Å². The first kappa shape index (κ1) is 28.5. The number of hydrogen-bond donors (Lipinski definition) is 0. The Morgan fingerprint density at radius 3 is 1.08 bits per heavy atom. The molecule has 2 aromatic carbocycles. The number of carboxylic acids is 2. The predicted molar refractivity (Wildman–Crippen MR) is 116 cm³/mol. The van der Waals surface area contributed by atoms with Crippen LogP contribution in [0.25, 0.3) is 0 Å². The normalized spacial score (nSPS) is 9.73. The van der Waals surface area contributed by atoms with Crippen LogP contribution in [-0.2, 0) is 29.1 Å². The van der Waals surface area contributed by atoms with Gasteiger partial charge in [0.15, 0.2) is 11.5 Å². The molecule has 4 rings (SSSR count). The number of ketones is 4. The van der Waals surface area contributed by atoms with Crippen LogP contribution in [0.4, 0.5) is 0 Å². The van der Waals surface area contributed by atoms with Gasteiger partial charge in [0, 0.05) is 22.3 Å². The van der Waals surface area contributed by atoms with E-state index in [1.165, 1.54) is 85.3 Å². The Bertz CT molecular complexity index is 1340. The molecule has 0 bridgehead atoms. The molecule has 10 nitrogen and oxygen atoms in total. The largest absolute Gasteiger partial charge is 2.00 e. The molecule has 0 saturated carbocycles. The van der Waals surface area contributed by atoms with Crippen LogP contribution in [0.2, 0.25) is 0 Å². The maximum atomic E-state index is 12.0. The van der Waals surface area contributed by atoms with E-state index in [1.807, 2.05) is 0 Å². The average Bonchev–Trinajstić information content (AvgIpc) is 3.62. The molecule has 0 aliphatic rings. The van der Waals surface area contributed by atoms with Gasteiger partial charge < -0.3 is 28.6 Å². The molecule has 4 aromatic rings. The molecule has 0 spiro atoms. The number of carbonyl (C=O) groups excluding carboxylic acids is 6. The number of furan rings is 2. The molecule has 0 N–H and O–H groups in total. The van der Waals surface area contributed by atoms with Crippen LogP contribution in [0.1, 0.15) is 53.0 Å². The Balaban J connectivity index is 0.000000253. The van der Waals surface area contributed by atoms with E-state index >= 15 is 0 Å². The second-order valence-electron chi connectivity index (χ2n) is 6.94. The minimum absolute atomic E-state index is 0. The molecular weight excluding hydrogens is 538 g/mol. The van der Waals surface area contributed by atoms with Crippen molar-refractivity contribution in [2.24, 2.45) is 0 Å². The van der Waals surface area contributed by atoms with Gasteiger partial charge in [-0.25, -0.2) is 0 Å². The van der Waals surface area contributed by atoms with Crippen LogP contribution in [0.3, 0.4) is 0 Å². The maximum Gasteiger partial charge on any atom is 2.00 e. The third-order valence-corrected chi connectivity index (χ3v) is 4.69. The van der Waals surface area contributed by atoms with Crippen molar-refractivity contribution in [1.29, 1.82) is 0 Å². The Labute approximate surface area is 221 Å². The molecule has 0 aliphatic heterocycles. The van der Waals surface area contributed by atoms with E-state index in [9.17, 15) is 39.0 Å². The molecule has 0 saturated heterocycles. The molecule has 11 heteroatoms. The van der Waals surface area contributed by atoms with Gasteiger partial charge in [-0.15, -0.1) is 0 Å². The van der Waals surface area contributed by atoms with Crippen molar-refractivity contribution in [1.82, 2.24) is 0 Å². The molecular formula is C26H14O10Zn. The summed E-state index contributed by atoms with van der Waals surface area (Å²) < 4.78 is 9.84. The topological polar surface area (TPSA) is 175 Å². The summed E-state index contributed by atoms with van der Waals surface area (Å²) in [6, 6.07) is 17.2. The smallest absolute Gasteiger partial charge is 0.541 e. The quantitative estimate of drug-likeness (QED) is 0.174. The summed E-state index contributed by atoms with van der Waals surface area (Å²) in [4.78, 5) is 67.9. The summed E-state index contributed by atoms with van der Waals surface area (Å²) in [5, 5.41) is 21.1. The zero-order chi connectivity index (χ0) is 26.2. The average molecular weight is 552 g/mol. The molecule has 0 radical (unpaired) electrons. The predicted octanol–water partition coefficient (Wildman–Crippen LogP) is 0.884. The Kier molecular flexibility index (Phi) is 9.86. The van der Waals surface area contributed by atoms with E-state index in [4.69, 9.17) is 8.83 Å². The molecule has 37 heavy (non-hydrogen) atoms. The summed E-state index contributed by atoms with van der Waals surface area (Å²) in [6.07, 6.45) is 2.63. The van der Waals surface area contributed by atoms with Gasteiger partial charge in [0.05, 0.1) is 12.5 Å². The van der Waals surface area contributed by atoms with E-state index in [0.717, 1.165) is 0 Å². The van der Waals surface area contributed by atoms with Crippen molar-refractivity contribution in [3.05, 3.63) is 119 Å². The van der Waals surface area contributed by atoms with Crippen molar-refractivity contribution in [2.75, 3.05) is 0 Å². The van der Waals surface area contributed by atoms with Crippen molar-refractivity contribution in [3.8, 4) is 0 Å². The maximum absolute atomic E-state index is 12.0. The molecule has 0 amide bonds. The zero-order valence-corrected chi connectivity index (χ0v) is 21.8. The number of carbonyl (C=O) groups is 6. The fraction of sp³-hybridized carbons (Fsp3) is 0. The first-order valence-corrected chi connectivity index (χ1v) is 10.1. The first-order valence-electron chi connectivity index (χ1n) is 10.1. The summed E-state index contributed by atoms with van der Waals surface area (Å²) in [5.74, 6) is -7.20. The number of carboxylic acid groups (broad SMARTS) is 2. The van der Waals surface area contributed by atoms with Gasteiger partial charge >= 0.3 is 19.5 Å². The fourth-order valence-electron chi connectivity index (χ4n) is 3.06. The number of rotatable bonds is 8. The van der Waals surface area contributed by atoms with Gasteiger partial charge in [-0.2, -0.15) is 0 Å². The Morgan fingerprint density at radius 2 is 0.811 bits per heavy atom. The molecule has 0 fully saturated rings. The van der Waals surface area contributed by atoms with E-state index in [0.29, 0.717) is 0 Å². The van der Waals surface area contributed by atoms with Crippen LogP contribution >= 0.6 is 0 Å². The van der Waals surface area contributed by atoms with Crippen LogP contribution in [0, 0.1) is 0 Å². The van der Waals surface area contributed by atoms with Gasteiger partial charge in [-0.3, -0.25) is 19.2 Å². The molecule has 0 aliphatic carbocycles. The number of benzene rings is 2. The standard InChI is InChI=1S/2C13H8O5.Zn/c2*14-11(10-6-3-7-18-10)8-4-1-2-5-9(8)12(15)13(16)17;/h2*1-7H,(H,16,17);/q;;+2/p-2. The monoisotopic (exact) mass is 550 g/mol. The van der Waals surface area contributed by atoms with Crippen LogP contribution < -0.4 is 10.2 Å². The third-order valence-electron chi connectivity index (χ3n) is 4.69. The van der Waals surface area contributed by atoms with Crippen LogP contribution in [0.15, 0.2) is 94.2 Å². The number of Topliss-reactive ketones (excluding diaryl/α,β-unsaturated/α-hetero) is 2. The van der Waals surface area contributed by atoms with Gasteiger partial charge in [0.25, 0.3) is 0 Å². The Morgan fingerprint density at radius 1 is 0.486 bits per heavy atom. The first-order chi connectivity index (χ1) is 17.2. The fourth-order valence-corrected chi connectivity index (χ4v) is 3.06. The summed E-state index contributed by atoms with van der Waals surface area (Å²) in [6.45, 7) is 0. The molecule has 2 aromatic heterocycles. The molecule has 180 valence electrons. The van der Waals surface area contributed by atoms with Gasteiger partial charge in [-0.05, 0) is 24.3 Å². The van der Waals surface area contributed by atoms with Crippen LogP contribution in [0.5, 0.6) is 0 Å². The summed E-state index contributed by atoms with van der Waals surface area (Å²) in [5.41, 5.74) is -0.471. The zero-order valence-electron chi connectivity index (χ0n) is 18.9. The van der Waals surface area contributed by atoms with E-state index in [2.05, 4.69) is 0 Å². The van der Waals surface area contributed by atoms with Crippen molar-refractivity contribution in [2.45, 2.75) is 0 Å². The minimum Gasteiger partial charge on any atom is -0.541 e. The van der Waals surface area contributed by atoms with Crippen molar-refractivity contribution >= 4 is 35.1 Å². The van der Waals surface area contributed by atoms with Gasteiger partial charge in [-0.1, -0.05) is 48.5 Å². The van der Waals surface area contributed by atoms with Gasteiger partial charge in [0.2, 0.25) is 23.1 Å². The van der Waals surface area contributed by atoms with Crippen molar-refractivity contribution < 1.29 is 67.3 Å². The molecule has 2 heterocycles. The second kappa shape index (κ2) is 12.8. The SMILES string of the molecule is O=C([O-])C(=O)c1ccccc1C(=O)c1ccco1.O=C([O-])C(=O)c1ccccc1C(=O)c1ccco1.[Zn+2]. The molecule has 0 atom stereocenters. The minimum atomic E-state index is -1.85. The van der Waals surface area contributed by atoms with Crippen molar-refractivity contribution in [3.63, 3.8) is 0 Å². The number of aliphatic carboxylic acids is 2. The summed E-state index contributed by atoms with van der Waals surface area (Å²) >= 11 is 0. The summed E-state index contributed by atoms with van der Waals surface area (Å²) in [7, 11) is 0. The second-order valence-corrected chi connectivity index (χ2v) is 6.94. The van der Waals surface area contributed by atoms with E-state index in [-0.39, 0.29) is 53.3 Å². The third kappa shape index (κ3) is 6.68. The van der Waals surface area contributed by atoms with Gasteiger partial charge in [0.1, 0.15) is 11.9 Å². The molecule has 0 unspecified atom stereocenters. The van der Waals surface area contributed by atoms with Crippen LogP contribution in [-0.4, -0.2) is 35.1 Å². The van der Waals surface area contributed by atoms with E-state index < -0.39 is 35.1 Å². The Hall–Kier alpha value is -4.76. The number of hydrogen-bond acceptors (Lipinski definition) is 10.